The Labute approximate surface area is 128 Å². The molecule has 1 saturated heterocycles. The third kappa shape index (κ3) is 2.46. The molecule has 1 aliphatic rings. The van der Waals surface area contributed by atoms with Crippen molar-refractivity contribution in [1.82, 2.24) is 4.90 Å². The quantitative estimate of drug-likeness (QED) is 0.878. The highest BCUT2D eigenvalue weighted by molar-refractivity contribution is 8.23. The molecule has 1 aliphatic heterocycles. The molecule has 3 rings (SSSR count). The summed E-state index contributed by atoms with van der Waals surface area (Å²) in [7, 11) is 0. The molecular weight excluding hydrogens is 286 g/mol. The van der Waals surface area contributed by atoms with E-state index in [0.717, 1.165) is 15.4 Å². The topological polar surface area (TPSA) is 23.5 Å². The number of nitrogens with zero attached hydrogens (tertiary/aromatic N) is 1. The summed E-state index contributed by atoms with van der Waals surface area (Å²) < 4.78 is 0.750. The smallest absolute Gasteiger partial charge is 0.175 e. The molecule has 2 nitrogen and oxygen atoms in total. The Hall–Kier alpha value is -1.36. The molecule has 2 aromatic rings. The molecule has 0 aliphatic carbocycles. The third-order valence-corrected chi connectivity index (χ3v) is 5.07. The van der Waals surface area contributed by atoms with E-state index in [2.05, 4.69) is 12.1 Å². The number of aliphatic hydroxyl groups is 1. The zero-order valence-electron chi connectivity index (χ0n) is 10.9. The van der Waals surface area contributed by atoms with Crippen molar-refractivity contribution in [2.75, 3.05) is 5.75 Å². The molecule has 0 amide bonds. The van der Waals surface area contributed by atoms with Crippen LogP contribution in [-0.4, -0.2) is 20.1 Å². The summed E-state index contributed by atoms with van der Waals surface area (Å²) in [4.78, 5) is 1.91. The molecule has 1 N–H and O–H groups in total. The molecular formula is C16H15NOS2. The molecule has 0 spiro atoms. The van der Waals surface area contributed by atoms with Crippen molar-refractivity contribution in [3.63, 3.8) is 0 Å². The first-order chi connectivity index (χ1) is 9.70. The average molecular weight is 301 g/mol. The second-order valence-electron chi connectivity index (χ2n) is 4.81. The van der Waals surface area contributed by atoms with Crippen molar-refractivity contribution in [2.24, 2.45) is 0 Å². The van der Waals surface area contributed by atoms with Crippen LogP contribution in [-0.2, 0) is 12.3 Å². The summed E-state index contributed by atoms with van der Waals surface area (Å²) >= 11 is 6.95. The lowest BCUT2D eigenvalue weighted by atomic mass is 10.0. The minimum Gasteiger partial charge on any atom is -0.366 e. The van der Waals surface area contributed by atoms with Gasteiger partial charge in [0.25, 0.3) is 0 Å². The number of thioether (sulfide) groups is 1. The van der Waals surface area contributed by atoms with E-state index in [1.54, 1.807) is 0 Å². The van der Waals surface area contributed by atoms with Crippen LogP contribution in [0, 0.1) is 0 Å². The van der Waals surface area contributed by atoms with E-state index >= 15 is 0 Å². The van der Waals surface area contributed by atoms with Crippen LogP contribution in [0.1, 0.15) is 11.1 Å². The number of thiocarbonyl (C=S) groups is 1. The number of hydrogen-bond acceptors (Lipinski definition) is 3. The maximum absolute atomic E-state index is 11.1. The van der Waals surface area contributed by atoms with Gasteiger partial charge in [0.15, 0.2) is 5.72 Å². The lowest BCUT2D eigenvalue weighted by molar-refractivity contribution is -0.0508. The van der Waals surface area contributed by atoms with Crippen LogP contribution in [0.3, 0.4) is 0 Å². The van der Waals surface area contributed by atoms with Gasteiger partial charge < -0.3 is 10.0 Å². The van der Waals surface area contributed by atoms with E-state index in [0.29, 0.717) is 12.3 Å². The Bertz CT molecular complexity index is 602. The molecule has 0 bridgehead atoms. The number of hydrogen-bond donors (Lipinski definition) is 1. The molecule has 20 heavy (non-hydrogen) atoms. The lowest BCUT2D eigenvalue weighted by Gasteiger charge is -2.34. The van der Waals surface area contributed by atoms with Crippen LogP contribution in [0.4, 0.5) is 0 Å². The molecule has 1 fully saturated rings. The minimum atomic E-state index is -1.02. The van der Waals surface area contributed by atoms with Gasteiger partial charge in [-0.2, -0.15) is 0 Å². The van der Waals surface area contributed by atoms with Crippen LogP contribution >= 0.6 is 24.0 Å². The van der Waals surface area contributed by atoms with E-state index in [1.807, 2.05) is 53.4 Å². The highest BCUT2D eigenvalue weighted by Gasteiger charge is 2.43. The van der Waals surface area contributed by atoms with Crippen molar-refractivity contribution in [3.8, 4) is 0 Å². The van der Waals surface area contributed by atoms with Gasteiger partial charge in [-0.15, -0.1) is 0 Å². The summed E-state index contributed by atoms with van der Waals surface area (Å²) in [6.45, 7) is 0.623. The van der Waals surface area contributed by atoms with Crippen molar-refractivity contribution < 1.29 is 5.11 Å². The molecule has 0 radical (unpaired) electrons. The first-order valence-corrected chi connectivity index (χ1v) is 7.86. The Kier molecular flexibility index (Phi) is 3.78. The highest BCUT2D eigenvalue weighted by Crippen LogP contribution is 2.39. The summed E-state index contributed by atoms with van der Waals surface area (Å²) in [5.74, 6) is 0.572. The fraction of sp³-hybridized carbons (Fsp3) is 0.188. The Morgan fingerprint density at radius 1 is 1.05 bits per heavy atom. The normalized spacial score (nSPS) is 22.2. The van der Waals surface area contributed by atoms with Gasteiger partial charge in [-0.1, -0.05) is 84.6 Å². The van der Waals surface area contributed by atoms with Crippen molar-refractivity contribution in [1.29, 1.82) is 0 Å². The van der Waals surface area contributed by atoms with E-state index in [9.17, 15) is 5.11 Å². The summed E-state index contributed by atoms with van der Waals surface area (Å²) in [6, 6.07) is 19.8. The molecule has 0 unspecified atom stereocenters. The van der Waals surface area contributed by atoms with Crippen LogP contribution in [0.15, 0.2) is 60.7 Å². The molecule has 1 heterocycles. The predicted octanol–water partition coefficient (Wildman–Crippen LogP) is 3.37. The van der Waals surface area contributed by atoms with E-state index in [4.69, 9.17) is 12.2 Å². The van der Waals surface area contributed by atoms with Gasteiger partial charge >= 0.3 is 0 Å². The summed E-state index contributed by atoms with van der Waals surface area (Å²) in [5, 5.41) is 11.1. The highest BCUT2D eigenvalue weighted by atomic mass is 32.2. The number of rotatable bonds is 3. The van der Waals surface area contributed by atoms with Gasteiger partial charge in [-0.3, -0.25) is 0 Å². The van der Waals surface area contributed by atoms with Crippen molar-refractivity contribution >= 4 is 28.3 Å². The standard InChI is InChI=1S/C16H15NOS2/c18-16(14-9-5-2-6-10-14)12-20-15(19)17(16)11-13-7-3-1-4-8-13/h1-10,18H,11-12H2/t16-/m1/s1. The van der Waals surface area contributed by atoms with E-state index < -0.39 is 5.72 Å². The van der Waals surface area contributed by atoms with Crippen LogP contribution in [0.2, 0.25) is 0 Å². The SMILES string of the molecule is O[C@@]1(c2ccccc2)CSC(=S)N1Cc1ccccc1. The maximum Gasteiger partial charge on any atom is 0.175 e. The predicted molar refractivity (Wildman–Crippen MR) is 87.4 cm³/mol. The summed E-state index contributed by atoms with van der Waals surface area (Å²) in [6.07, 6.45) is 0. The molecule has 102 valence electrons. The average Bonchev–Trinajstić information content (AvgIpc) is 2.79. The van der Waals surface area contributed by atoms with Crippen molar-refractivity contribution in [3.05, 3.63) is 71.8 Å². The van der Waals surface area contributed by atoms with Gasteiger partial charge in [-0.25, -0.2) is 0 Å². The molecule has 2 aromatic carbocycles. The van der Waals surface area contributed by atoms with E-state index in [1.165, 1.54) is 11.8 Å². The molecule has 1 atom stereocenters. The fourth-order valence-corrected chi connectivity index (χ4v) is 3.79. The number of benzene rings is 2. The second-order valence-corrected chi connectivity index (χ2v) is 6.42. The van der Waals surface area contributed by atoms with Gasteiger partial charge in [0.05, 0.1) is 5.75 Å². The largest absolute Gasteiger partial charge is 0.366 e. The lowest BCUT2D eigenvalue weighted by Crippen LogP contribution is -2.43. The Balaban J connectivity index is 1.93. The first-order valence-electron chi connectivity index (χ1n) is 6.46. The third-order valence-electron chi connectivity index (χ3n) is 3.48. The molecule has 0 aromatic heterocycles. The van der Waals surface area contributed by atoms with Crippen LogP contribution in [0.25, 0.3) is 0 Å². The van der Waals surface area contributed by atoms with Gasteiger partial charge in [-0.05, 0) is 5.56 Å². The second kappa shape index (κ2) is 5.56. The molecule has 0 saturated carbocycles. The molecule has 4 heteroatoms. The minimum absolute atomic E-state index is 0.572. The zero-order chi connectivity index (χ0) is 14.0. The van der Waals surface area contributed by atoms with Crippen LogP contribution < -0.4 is 0 Å². The maximum atomic E-state index is 11.1. The van der Waals surface area contributed by atoms with Gasteiger partial charge in [0, 0.05) is 12.1 Å². The Morgan fingerprint density at radius 3 is 2.30 bits per heavy atom. The van der Waals surface area contributed by atoms with Crippen LogP contribution in [0.5, 0.6) is 0 Å². The Morgan fingerprint density at radius 2 is 1.65 bits per heavy atom. The first kappa shape index (κ1) is 13.6. The monoisotopic (exact) mass is 301 g/mol. The van der Waals surface area contributed by atoms with Gasteiger partial charge in [0.2, 0.25) is 0 Å². The summed E-state index contributed by atoms with van der Waals surface area (Å²) in [5.41, 5.74) is 1.02. The zero-order valence-corrected chi connectivity index (χ0v) is 12.5. The van der Waals surface area contributed by atoms with Crippen molar-refractivity contribution in [2.45, 2.75) is 12.3 Å². The van der Waals surface area contributed by atoms with E-state index in [-0.39, 0.29) is 0 Å². The van der Waals surface area contributed by atoms with Gasteiger partial charge in [0.1, 0.15) is 4.32 Å². The fourth-order valence-electron chi connectivity index (χ4n) is 2.37.